The lowest BCUT2D eigenvalue weighted by Gasteiger charge is -2.30. The molecule has 6 heterocycles. The van der Waals surface area contributed by atoms with Gasteiger partial charge in [-0.2, -0.15) is 5.10 Å². The Hall–Kier alpha value is -4.80. The second kappa shape index (κ2) is 9.64. The molecule has 7 rings (SSSR count). The molecule has 4 aromatic heterocycles. The molecular weight excluding hydrogens is 532 g/mol. The van der Waals surface area contributed by atoms with Crippen LogP contribution in [0.2, 0.25) is 0 Å². The van der Waals surface area contributed by atoms with Gasteiger partial charge in [-0.3, -0.25) is 24.4 Å². The standard InChI is InChI=1S/C31H32N8O3/c1-4-25(41)37-10-7-19(16-37)34-28-26-21(6-8-32-27(26)35-36-28)20-5-9-33-29(22(20)17-40)39-12-11-38-23(30(39)42)13-18-14-31(2,3)15-24(18)38/h4-6,8-9,13,17,19H,1,7,10-12,14-16H2,2-3H3,(H2,32,34,35,36)/t19-/m1/s1. The van der Waals surface area contributed by atoms with Crippen molar-refractivity contribution in [2.75, 3.05) is 29.9 Å². The van der Waals surface area contributed by atoms with E-state index in [-0.39, 0.29) is 23.3 Å². The van der Waals surface area contributed by atoms with E-state index < -0.39 is 0 Å². The zero-order chi connectivity index (χ0) is 29.2. The molecule has 4 aromatic rings. The van der Waals surface area contributed by atoms with Crippen LogP contribution in [0.4, 0.5) is 11.6 Å². The van der Waals surface area contributed by atoms with Crippen LogP contribution in [0.25, 0.3) is 22.2 Å². The summed E-state index contributed by atoms with van der Waals surface area (Å²) in [6.45, 7) is 10.3. The molecule has 1 atom stereocenters. The minimum atomic E-state index is -0.147. The zero-order valence-electron chi connectivity index (χ0n) is 23.7. The molecule has 2 N–H and O–H groups in total. The van der Waals surface area contributed by atoms with E-state index in [2.05, 4.69) is 50.5 Å². The molecule has 0 aromatic carbocycles. The first-order valence-electron chi connectivity index (χ1n) is 14.3. The summed E-state index contributed by atoms with van der Waals surface area (Å²) in [6, 6.07) is 5.65. The fourth-order valence-corrected chi connectivity index (χ4v) is 6.82. The normalized spacial score (nSPS) is 19.2. The van der Waals surface area contributed by atoms with Crippen LogP contribution < -0.4 is 10.2 Å². The van der Waals surface area contributed by atoms with E-state index in [1.165, 1.54) is 17.3 Å². The molecule has 11 heteroatoms. The van der Waals surface area contributed by atoms with Crippen molar-refractivity contribution in [2.45, 2.75) is 45.7 Å². The fraction of sp³-hybridized carbons (Fsp3) is 0.355. The number of aromatic nitrogens is 5. The maximum absolute atomic E-state index is 13.8. The summed E-state index contributed by atoms with van der Waals surface area (Å²) in [5.74, 6) is 0.691. The van der Waals surface area contributed by atoms with Crippen molar-refractivity contribution in [1.29, 1.82) is 0 Å². The smallest absolute Gasteiger partial charge is 0.276 e. The van der Waals surface area contributed by atoms with E-state index in [1.54, 1.807) is 28.3 Å². The average molecular weight is 565 g/mol. The summed E-state index contributed by atoms with van der Waals surface area (Å²) in [6.07, 6.45) is 8.07. The minimum Gasteiger partial charge on any atom is -0.363 e. The van der Waals surface area contributed by atoms with Gasteiger partial charge >= 0.3 is 0 Å². The summed E-state index contributed by atoms with van der Waals surface area (Å²) in [7, 11) is 0. The number of hydrogen-bond donors (Lipinski definition) is 2. The molecule has 42 heavy (non-hydrogen) atoms. The summed E-state index contributed by atoms with van der Waals surface area (Å²) in [4.78, 5) is 50.9. The highest BCUT2D eigenvalue weighted by atomic mass is 16.2. The number of H-pyrrole nitrogens is 1. The largest absolute Gasteiger partial charge is 0.363 e. The molecule has 1 saturated heterocycles. The number of rotatable bonds is 6. The summed E-state index contributed by atoms with van der Waals surface area (Å²) in [5.41, 5.74) is 5.62. The molecule has 3 aliphatic rings. The number of anilines is 2. The number of pyridine rings is 2. The Morgan fingerprint density at radius 3 is 2.76 bits per heavy atom. The lowest BCUT2D eigenvalue weighted by Crippen LogP contribution is -2.41. The van der Waals surface area contributed by atoms with Crippen LogP contribution in [0, 0.1) is 5.41 Å². The Balaban J connectivity index is 1.24. The van der Waals surface area contributed by atoms with Gasteiger partial charge in [0.1, 0.15) is 11.5 Å². The Morgan fingerprint density at radius 1 is 1.14 bits per heavy atom. The van der Waals surface area contributed by atoms with E-state index in [0.717, 1.165) is 36.5 Å². The van der Waals surface area contributed by atoms with Crippen molar-refractivity contribution in [1.82, 2.24) is 29.6 Å². The first-order chi connectivity index (χ1) is 20.3. The van der Waals surface area contributed by atoms with Crippen LogP contribution in [0.1, 0.15) is 52.4 Å². The third-order valence-corrected chi connectivity index (χ3v) is 8.73. The van der Waals surface area contributed by atoms with Crippen LogP contribution in [-0.2, 0) is 24.2 Å². The highest BCUT2D eigenvalue weighted by Crippen LogP contribution is 2.40. The van der Waals surface area contributed by atoms with Gasteiger partial charge in [0, 0.05) is 50.3 Å². The van der Waals surface area contributed by atoms with Gasteiger partial charge in [0.15, 0.2) is 17.8 Å². The van der Waals surface area contributed by atoms with Crippen molar-refractivity contribution < 1.29 is 14.4 Å². The second-order valence-electron chi connectivity index (χ2n) is 12.1. The maximum Gasteiger partial charge on any atom is 0.276 e. The van der Waals surface area contributed by atoms with Gasteiger partial charge in [0.25, 0.3) is 5.91 Å². The van der Waals surface area contributed by atoms with Gasteiger partial charge < -0.3 is 14.8 Å². The summed E-state index contributed by atoms with van der Waals surface area (Å²) < 4.78 is 2.15. The molecule has 0 saturated carbocycles. The summed E-state index contributed by atoms with van der Waals surface area (Å²) >= 11 is 0. The van der Waals surface area contributed by atoms with Crippen LogP contribution in [0.5, 0.6) is 0 Å². The number of hydrogen-bond acceptors (Lipinski definition) is 7. The molecule has 0 bridgehead atoms. The maximum atomic E-state index is 13.8. The molecule has 11 nitrogen and oxygen atoms in total. The SMILES string of the molecule is C=CC(=O)N1CC[C@@H](Nc2n[nH]c3nccc(-c4ccnc(N5CCn6c(cc7c6CC(C)(C)C7)C5=O)c4C=O)c23)C1. The topological polar surface area (TPSA) is 129 Å². The zero-order valence-corrected chi connectivity index (χ0v) is 23.7. The van der Waals surface area contributed by atoms with Gasteiger partial charge in [-0.05, 0) is 65.6 Å². The van der Waals surface area contributed by atoms with E-state index in [9.17, 15) is 14.4 Å². The van der Waals surface area contributed by atoms with Crippen LogP contribution >= 0.6 is 0 Å². The lowest BCUT2D eigenvalue weighted by molar-refractivity contribution is -0.125. The van der Waals surface area contributed by atoms with Crippen LogP contribution in [0.15, 0.2) is 43.2 Å². The number of nitrogens with one attached hydrogen (secondary N) is 2. The fourth-order valence-electron chi connectivity index (χ4n) is 6.82. The van der Waals surface area contributed by atoms with Crippen molar-refractivity contribution >= 4 is 40.8 Å². The van der Waals surface area contributed by atoms with Crippen molar-refractivity contribution in [3.05, 3.63) is 65.8 Å². The Morgan fingerprint density at radius 2 is 1.95 bits per heavy atom. The molecule has 0 radical (unpaired) electrons. The molecule has 0 unspecified atom stereocenters. The molecular formula is C31H32N8O3. The number of fused-ring (bicyclic) bond motifs is 4. The predicted molar refractivity (Wildman–Crippen MR) is 159 cm³/mol. The highest BCUT2D eigenvalue weighted by Gasteiger charge is 2.37. The first kappa shape index (κ1) is 26.1. The number of aromatic amines is 1. The number of nitrogens with zero attached hydrogens (tertiary/aromatic N) is 6. The van der Waals surface area contributed by atoms with Gasteiger partial charge in [-0.15, -0.1) is 0 Å². The average Bonchev–Trinajstić information content (AvgIpc) is 3.76. The Bertz CT molecular complexity index is 1780. The van der Waals surface area contributed by atoms with Crippen molar-refractivity contribution in [3.63, 3.8) is 0 Å². The first-order valence-corrected chi connectivity index (χ1v) is 14.3. The molecule has 214 valence electrons. The van der Waals surface area contributed by atoms with Gasteiger partial charge in [0.05, 0.1) is 10.9 Å². The van der Waals surface area contributed by atoms with E-state index >= 15 is 0 Å². The number of carbonyl (C=O) groups excluding carboxylic acids is 3. The third kappa shape index (κ3) is 4.10. The quantitative estimate of drug-likeness (QED) is 0.270. The molecule has 0 spiro atoms. The minimum absolute atomic E-state index is 0.00131. The molecule has 1 aliphatic carbocycles. The molecule has 2 aliphatic heterocycles. The third-order valence-electron chi connectivity index (χ3n) is 8.73. The highest BCUT2D eigenvalue weighted by molar-refractivity contribution is 6.10. The number of likely N-dealkylation sites (tertiary alicyclic amines) is 1. The Kier molecular flexibility index (Phi) is 6.00. The van der Waals surface area contributed by atoms with Crippen molar-refractivity contribution in [3.8, 4) is 11.1 Å². The monoisotopic (exact) mass is 564 g/mol. The van der Waals surface area contributed by atoms with Gasteiger partial charge in [-0.1, -0.05) is 20.4 Å². The number of amides is 2. The Labute approximate surface area is 242 Å². The van der Waals surface area contributed by atoms with E-state index in [4.69, 9.17) is 0 Å². The van der Waals surface area contributed by atoms with E-state index in [0.29, 0.717) is 60.3 Å². The van der Waals surface area contributed by atoms with E-state index in [1.807, 2.05) is 12.1 Å². The van der Waals surface area contributed by atoms with Gasteiger partial charge in [-0.25, -0.2) is 9.97 Å². The molecule has 1 fully saturated rings. The lowest BCUT2D eigenvalue weighted by atomic mass is 9.90. The summed E-state index contributed by atoms with van der Waals surface area (Å²) in [5, 5.41) is 11.6. The van der Waals surface area contributed by atoms with Crippen molar-refractivity contribution in [2.24, 2.45) is 5.41 Å². The number of aldehydes is 1. The van der Waals surface area contributed by atoms with Gasteiger partial charge in [0.2, 0.25) is 5.91 Å². The van der Waals surface area contributed by atoms with Crippen LogP contribution in [-0.4, -0.2) is 73.4 Å². The van der Waals surface area contributed by atoms with Crippen LogP contribution in [0.3, 0.4) is 0 Å². The second-order valence-corrected chi connectivity index (χ2v) is 12.1. The number of carbonyl (C=O) groups is 3. The predicted octanol–water partition coefficient (Wildman–Crippen LogP) is 3.62. The molecule has 2 amide bonds.